The van der Waals surface area contributed by atoms with E-state index in [2.05, 4.69) is 5.32 Å². The molecule has 2 rings (SSSR count). The van der Waals surface area contributed by atoms with Gasteiger partial charge < -0.3 is 10.4 Å². The fourth-order valence-corrected chi connectivity index (χ4v) is 3.18. The summed E-state index contributed by atoms with van der Waals surface area (Å²) in [6.07, 6.45) is 2.19. The van der Waals surface area contributed by atoms with Gasteiger partial charge in [-0.05, 0) is 48.5 Å². The van der Waals surface area contributed by atoms with E-state index in [9.17, 15) is 14.3 Å². The fourth-order valence-electron chi connectivity index (χ4n) is 1.97. The zero-order chi connectivity index (χ0) is 13.0. The third-order valence-electron chi connectivity index (χ3n) is 3.10. The van der Waals surface area contributed by atoms with Crippen LogP contribution in [0.4, 0.5) is 4.39 Å². The van der Waals surface area contributed by atoms with Crippen LogP contribution < -0.4 is 5.32 Å². The van der Waals surface area contributed by atoms with Gasteiger partial charge in [0.05, 0.1) is 5.56 Å². The van der Waals surface area contributed by atoms with E-state index in [-0.39, 0.29) is 11.3 Å². The zero-order valence-electron chi connectivity index (χ0n) is 9.99. The molecule has 0 aromatic heterocycles. The van der Waals surface area contributed by atoms with Crippen molar-refractivity contribution in [2.75, 3.05) is 18.1 Å². The molecule has 98 valence electrons. The van der Waals surface area contributed by atoms with Gasteiger partial charge in [0, 0.05) is 6.54 Å². The van der Waals surface area contributed by atoms with E-state index in [1.807, 2.05) is 11.8 Å². The lowest BCUT2D eigenvalue weighted by Gasteiger charge is -2.21. The van der Waals surface area contributed by atoms with Crippen LogP contribution in [0.1, 0.15) is 23.2 Å². The van der Waals surface area contributed by atoms with Crippen molar-refractivity contribution in [3.05, 3.63) is 29.6 Å². The lowest BCUT2D eigenvalue weighted by atomic mass is 10.0. The summed E-state index contributed by atoms with van der Waals surface area (Å²) in [5.74, 6) is 1.63. The van der Waals surface area contributed by atoms with Crippen molar-refractivity contribution in [3.8, 4) is 5.75 Å². The van der Waals surface area contributed by atoms with E-state index in [0.29, 0.717) is 12.5 Å². The first kappa shape index (κ1) is 13.2. The number of hydrogen-bond acceptors (Lipinski definition) is 3. The summed E-state index contributed by atoms with van der Waals surface area (Å²) < 4.78 is 13.0. The first-order valence-corrected chi connectivity index (χ1v) is 7.17. The Balaban J connectivity index is 1.92. The normalized spacial score (nSPS) is 16.5. The van der Waals surface area contributed by atoms with Crippen LogP contribution >= 0.6 is 11.8 Å². The topological polar surface area (TPSA) is 49.3 Å². The Bertz CT molecular complexity index is 433. The highest BCUT2D eigenvalue weighted by molar-refractivity contribution is 7.99. The maximum absolute atomic E-state index is 13.0. The number of thioether (sulfide) groups is 1. The summed E-state index contributed by atoms with van der Waals surface area (Å²) >= 11 is 1.93. The minimum absolute atomic E-state index is 0.000171. The number of hydrogen-bond donors (Lipinski definition) is 2. The van der Waals surface area contributed by atoms with Crippen LogP contribution in [0.15, 0.2) is 18.2 Å². The van der Waals surface area contributed by atoms with Crippen LogP contribution in [-0.4, -0.2) is 29.1 Å². The minimum Gasteiger partial charge on any atom is -0.507 e. The second-order valence-electron chi connectivity index (χ2n) is 4.43. The summed E-state index contributed by atoms with van der Waals surface area (Å²) in [5, 5.41) is 12.3. The molecule has 5 heteroatoms. The van der Waals surface area contributed by atoms with Gasteiger partial charge in [-0.3, -0.25) is 4.79 Å². The summed E-state index contributed by atoms with van der Waals surface area (Å²) in [6, 6.07) is 3.38. The molecule has 0 aliphatic carbocycles. The molecule has 1 amide bonds. The van der Waals surface area contributed by atoms with Gasteiger partial charge in [-0.2, -0.15) is 11.8 Å². The van der Waals surface area contributed by atoms with Gasteiger partial charge in [-0.25, -0.2) is 4.39 Å². The van der Waals surface area contributed by atoms with Gasteiger partial charge in [0.1, 0.15) is 11.6 Å². The fraction of sp³-hybridized carbons (Fsp3) is 0.462. The van der Waals surface area contributed by atoms with Crippen molar-refractivity contribution >= 4 is 17.7 Å². The Hall–Kier alpha value is -1.23. The number of amides is 1. The second-order valence-corrected chi connectivity index (χ2v) is 5.65. The highest BCUT2D eigenvalue weighted by Gasteiger charge is 2.17. The molecule has 0 bridgehead atoms. The van der Waals surface area contributed by atoms with Gasteiger partial charge in [-0.15, -0.1) is 0 Å². The van der Waals surface area contributed by atoms with Gasteiger partial charge in [0.15, 0.2) is 0 Å². The number of aromatic hydroxyl groups is 1. The minimum atomic E-state index is -0.521. The van der Waals surface area contributed by atoms with Crippen LogP contribution in [0, 0.1) is 11.7 Å². The van der Waals surface area contributed by atoms with Crippen molar-refractivity contribution in [2.24, 2.45) is 5.92 Å². The maximum atomic E-state index is 13.0. The third kappa shape index (κ3) is 3.38. The van der Waals surface area contributed by atoms with Crippen molar-refractivity contribution in [1.29, 1.82) is 0 Å². The number of phenolic OH excluding ortho intramolecular Hbond substituents is 1. The number of halogens is 1. The van der Waals surface area contributed by atoms with Crippen molar-refractivity contribution < 1.29 is 14.3 Å². The number of nitrogens with one attached hydrogen (secondary N) is 1. The number of benzene rings is 1. The quantitative estimate of drug-likeness (QED) is 0.886. The monoisotopic (exact) mass is 269 g/mol. The smallest absolute Gasteiger partial charge is 0.255 e. The van der Waals surface area contributed by atoms with Gasteiger partial charge in [-0.1, -0.05) is 0 Å². The van der Waals surface area contributed by atoms with Gasteiger partial charge in [0.25, 0.3) is 5.91 Å². The number of carbonyl (C=O) groups excluding carboxylic acids is 1. The Morgan fingerprint density at radius 1 is 1.44 bits per heavy atom. The Morgan fingerprint density at radius 2 is 2.17 bits per heavy atom. The summed E-state index contributed by atoms with van der Waals surface area (Å²) in [7, 11) is 0. The lowest BCUT2D eigenvalue weighted by Crippen LogP contribution is -2.31. The molecule has 1 aliphatic heterocycles. The molecule has 0 radical (unpaired) electrons. The van der Waals surface area contributed by atoms with Gasteiger partial charge in [0.2, 0.25) is 0 Å². The molecule has 1 aliphatic rings. The van der Waals surface area contributed by atoms with E-state index in [4.69, 9.17) is 0 Å². The van der Waals surface area contributed by atoms with Crippen LogP contribution in [0.5, 0.6) is 5.75 Å². The van der Waals surface area contributed by atoms with Crippen LogP contribution in [0.2, 0.25) is 0 Å². The van der Waals surface area contributed by atoms with Crippen LogP contribution in [0.3, 0.4) is 0 Å². The average molecular weight is 269 g/mol. The zero-order valence-corrected chi connectivity index (χ0v) is 10.8. The van der Waals surface area contributed by atoms with E-state index >= 15 is 0 Å². The molecule has 0 saturated carbocycles. The van der Waals surface area contributed by atoms with E-state index in [0.717, 1.165) is 36.5 Å². The number of carbonyl (C=O) groups is 1. The van der Waals surface area contributed by atoms with Crippen LogP contribution in [0.25, 0.3) is 0 Å². The standard InChI is InChI=1S/C13H16FNO2S/c14-10-1-2-12(16)11(7-10)13(17)15-8-9-3-5-18-6-4-9/h1-2,7,9,16H,3-6,8H2,(H,15,17). The average Bonchev–Trinajstić information content (AvgIpc) is 2.40. The van der Waals surface area contributed by atoms with Crippen molar-refractivity contribution in [1.82, 2.24) is 5.32 Å². The highest BCUT2D eigenvalue weighted by Crippen LogP contribution is 2.22. The predicted octanol–water partition coefficient (Wildman–Crippen LogP) is 2.40. The highest BCUT2D eigenvalue weighted by atomic mass is 32.2. The molecule has 1 fully saturated rings. The van der Waals surface area contributed by atoms with Crippen molar-refractivity contribution in [3.63, 3.8) is 0 Å². The lowest BCUT2D eigenvalue weighted by molar-refractivity contribution is 0.0943. The molecule has 18 heavy (non-hydrogen) atoms. The molecule has 1 aromatic rings. The molecule has 1 saturated heterocycles. The SMILES string of the molecule is O=C(NCC1CCSCC1)c1cc(F)ccc1O. The molecule has 1 aromatic carbocycles. The van der Waals surface area contributed by atoms with Crippen molar-refractivity contribution in [2.45, 2.75) is 12.8 Å². The number of phenols is 1. The first-order valence-electron chi connectivity index (χ1n) is 6.01. The van der Waals surface area contributed by atoms with E-state index < -0.39 is 11.7 Å². The Labute approximate surface area is 110 Å². The summed E-state index contributed by atoms with van der Waals surface area (Å²) in [6.45, 7) is 0.593. The Morgan fingerprint density at radius 3 is 2.89 bits per heavy atom. The molecule has 1 heterocycles. The second kappa shape index (κ2) is 6.09. The molecular weight excluding hydrogens is 253 g/mol. The molecule has 3 nitrogen and oxygen atoms in total. The van der Waals surface area contributed by atoms with E-state index in [1.54, 1.807) is 0 Å². The van der Waals surface area contributed by atoms with Crippen LogP contribution in [-0.2, 0) is 0 Å². The largest absolute Gasteiger partial charge is 0.507 e. The first-order chi connectivity index (χ1) is 8.66. The summed E-state index contributed by atoms with van der Waals surface area (Å²) in [4.78, 5) is 11.8. The molecule has 0 unspecified atom stereocenters. The Kier molecular flexibility index (Phi) is 4.47. The molecular formula is C13H16FNO2S. The number of rotatable bonds is 3. The molecule has 0 spiro atoms. The predicted molar refractivity (Wildman–Crippen MR) is 70.4 cm³/mol. The molecule has 2 N–H and O–H groups in total. The maximum Gasteiger partial charge on any atom is 0.255 e. The summed E-state index contributed by atoms with van der Waals surface area (Å²) in [5.41, 5.74) is 0.000171. The van der Waals surface area contributed by atoms with Gasteiger partial charge >= 0.3 is 0 Å². The third-order valence-corrected chi connectivity index (χ3v) is 4.14. The molecule has 0 atom stereocenters. The van der Waals surface area contributed by atoms with E-state index in [1.165, 1.54) is 6.07 Å².